The van der Waals surface area contributed by atoms with Gasteiger partial charge in [-0.05, 0) is 43.6 Å². The van der Waals surface area contributed by atoms with Crippen molar-refractivity contribution in [3.05, 3.63) is 53.8 Å². The lowest BCUT2D eigenvalue weighted by atomic mass is 9.95. The highest BCUT2D eigenvalue weighted by Crippen LogP contribution is 2.37. The monoisotopic (exact) mass is 410 g/mol. The lowest BCUT2D eigenvalue weighted by Crippen LogP contribution is -2.47. The summed E-state index contributed by atoms with van der Waals surface area (Å²) in [6.07, 6.45) is 5.44. The first-order valence-electron chi connectivity index (χ1n) is 10.7. The van der Waals surface area contributed by atoms with Crippen molar-refractivity contribution in [2.75, 3.05) is 46.4 Å². The highest BCUT2D eigenvalue weighted by molar-refractivity contribution is 6.01. The number of carbonyl (C=O) groups excluding carboxylic acids is 2. The molecule has 0 aliphatic carbocycles. The Balaban J connectivity index is 1.59. The molecule has 0 saturated carbocycles. The lowest BCUT2D eigenvalue weighted by Gasteiger charge is -2.33. The van der Waals surface area contributed by atoms with E-state index < -0.39 is 6.04 Å². The molecule has 7 heteroatoms. The number of piperidine rings is 1. The third kappa shape index (κ3) is 3.94. The highest BCUT2D eigenvalue weighted by atomic mass is 16.5. The van der Waals surface area contributed by atoms with E-state index in [1.165, 1.54) is 19.3 Å². The molecule has 7 nitrogen and oxygen atoms in total. The minimum Gasteiger partial charge on any atom is -0.497 e. The van der Waals surface area contributed by atoms with Gasteiger partial charge in [-0.25, -0.2) is 4.79 Å². The molecule has 0 spiro atoms. The molecule has 1 aromatic rings. The summed E-state index contributed by atoms with van der Waals surface area (Å²) in [7, 11) is 1.61. The van der Waals surface area contributed by atoms with E-state index in [9.17, 15) is 9.59 Å². The molecule has 1 saturated heterocycles. The summed E-state index contributed by atoms with van der Waals surface area (Å²) in [6.45, 7) is 8.36. The number of nitrogens with one attached hydrogen (secondary N) is 1. The van der Waals surface area contributed by atoms with Crippen LogP contribution in [0.1, 0.15) is 30.9 Å². The van der Waals surface area contributed by atoms with Crippen molar-refractivity contribution in [2.45, 2.75) is 25.3 Å². The molecule has 30 heavy (non-hydrogen) atoms. The number of nitrogens with zero attached hydrogens (tertiary/aromatic N) is 3. The molecule has 1 aromatic carbocycles. The number of carbonyl (C=O) groups is 2. The Hall–Kier alpha value is -2.80. The zero-order valence-corrected chi connectivity index (χ0v) is 17.6. The fourth-order valence-electron chi connectivity index (χ4n) is 4.57. The summed E-state index contributed by atoms with van der Waals surface area (Å²) in [6, 6.07) is 6.86. The van der Waals surface area contributed by atoms with Crippen LogP contribution >= 0.6 is 0 Å². The van der Waals surface area contributed by atoms with Crippen molar-refractivity contribution in [1.82, 2.24) is 20.0 Å². The van der Waals surface area contributed by atoms with Crippen molar-refractivity contribution in [2.24, 2.45) is 0 Å². The first-order valence-corrected chi connectivity index (χ1v) is 10.7. The molecule has 1 fully saturated rings. The van der Waals surface area contributed by atoms with E-state index in [1.807, 2.05) is 29.2 Å². The predicted molar refractivity (Wildman–Crippen MR) is 115 cm³/mol. The minimum atomic E-state index is -0.476. The second kappa shape index (κ2) is 8.92. The second-order valence-electron chi connectivity index (χ2n) is 8.05. The van der Waals surface area contributed by atoms with Gasteiger partial charge in [-0.1, -0.05) is 24.6 Å². The van der Waals surface area contributed by atoms with Crippen LogP contribution in [0.5, 0.6) is 5.75 Å². The topological polar surface area (TPSA) is 65.1 Å². The minimum absolute atomic E-state index is 0.00360. The van der Waals surface area contributed by atoms with Crippen LogP contribution in [0.2, 0.25) is 0 Å². The van der Waals surface area contributed by atoms with Crippen LogP contribution in [-0.4, -0.2) is 73.0 Å². The van der Waals surface area contributed by atoms with Gasteiger partial charge in [0.15, 0.2) is 0 Å². The number of urea groups is 1. The number of rotatable bonds is 7. The third-order valence-electron chi connectivity index (χ3n) is 6.17. The zero-order chi connectivity index (χ0) is 21.1. The van der Waals surface area contributed by atoms with Crippen molar-refractivity contribution in [3.63, 3.8) is 0 Å². The van der Waals surface area contributed by atoms with E-state index in [4.69, 9.17) is 4.74 Å². The summed E-state index contributed by atoms with van der Waals surface area (Å²) >= 11 is 0. The van der Waals surface area contributed by atoms with Gasteiger partial charge < -0.3 is 19.9 Å². The number of ether oxygens (including phenoxy) is 1. The molecular weight excluding hydrogens is 380 g/mol. The van der Waals surface area contributed by atoms with Gasteiger partial charge in [0.25, 0.3) is 5.91 Å². The fraction of sp³-hybridized carbons (Fsp3) is 0.478. The summed E-state index contributed by atoms with van der Waals surface area (Å²) in [5.74, 6) is 0.703. The average molecular weight is 411 g/mol. The van der Waals surface area contributed by atoms with Crippen LogP contribution < -0.4 is 10.1 Å². The molecular formula is C23H30N4O3. The third-order valence-corrected chi connectivity index (χ3v) is 6.17. The van der Waals surface area contributed by atoms with E-state index in [1.54, 1.807) is 18.1 Å². The van der Waals surface area contributed by atoms with E-state index in [0.717, 1.165) is 30.9 Å². The molecule has 160 valence electrons. The van der Waals surface area contributed by atoms with Gasteiger partial charge in [-0.3, -0.25) is 9.69 Å². The molecule has 0 aromatic heterocycles. The molecule has 0 radical (unpaired) electrons. The van der Waals surface area contributed by atoms with Gasteiger partial charge in [0.05, 0.1) is 31.0 Å². The maximum atomic E-state index is 13.4. The number of methoxy groups -OCH3 is 1. The quantitative estimate of drug-likeness (QED) is 0.702. The molecule has 1 unspecified atom stereocenters. The SMILES string of the molecule is C=CCN1C(=O)NC(c2cccc(OC)c2)C2=C1CN(CCN1CCCCC1)C2=O. The smallest absolute Gasteiger partial charge is 0.322 e. The highest BCUT2D eigenvalue weighted by Gasteiger charge is 2.43. The van der Waals surface area contributed by atoms with Gasteiger partial charge in [0.2, 0.25) is 0 Å². The molecule has 3 heterocycles. The summed E-state index contributed by atoms with van der Waals surface area (Å²) in [4.78, 5) is 32.2. The first kappa shape index (κ1) is 20.5. The van der Waals surface area contributed by atoms with Gasteiger partial charge >= 0.3 is 6.03 Å². The maximum Gasteiger partial charge on any atom is 0.322 e. The number of amides is 3. The van der Waals surface area contributed by atoms with E-state index >= 15 is 0 Å². The molecule has 1 N–H and O–H groups in total. The van der Waals surface area contributed by atoms with Gasteiger partial charge in [0, 0.05) is 19.6 Å². The Morgan fingerprint density at radius 3 is 2.73 bits per heavy atom. The molecule has 3 aliphatic heterocycles. The van der Waals surface area contributed by atoms with Crippen LogP contribution in [0.4, 0.5) is 4.79 Å². The second-order valence-corrected chi connectivity index (χ2v) is 8.05. The molecule has 3 aliphatic rings. The molecule has 4 rings (SSSR count). The summed E-state index contributed by atoms with van der Waals surface area (Å²) in [5.41, 5.74) is 2.29. The average Bonchev–Trinajstić information content (AvgIpc) is 3.11. The maximum absolute atomic E-state index is 13.4. The van der Waals surface area contributed by atoms with Crippen molar-refractivity contribution in [3.8, 4) is 5.75 Å². The van der Waals surface area contributed by atoms with Crippen molar-refractivity contribution < 1.29 is 14.3 Å². The van der Waals surface area contributed by atoms with Crippen LogP contribution in [0.3, 0.4) is 0 Å². The molecule has 1 atom stereocenters. The number of hydrogen-bond acceptors (Lipinski definition) is 4. The fourth-order valence-corrected chi connectivity index (χ4v) is 4.57. The predicted octanol–water partition coefficient (Wildman–Crippen LogP) is 2.53. The Kier molecular flexibility index (Phi) is 6.08. The Morgan fingerprint density at radius 2 is 2.00 bits per heavy atom. The van der Waals surface area contributed by atoms with Crippen LogP contribution in [0.15, 0.2) is 48.2 Å². The summed E-state index contributed by atoms with van der Waals surface area (Å²) in [5, 5.41) is 3.01. The first-order chi connectivity index (χ1) is 14.6. The van der Waals surface area contributed by atoms with Crippen LogP contribution in [0.25, 0.3) is 0 Å². The number of likely N-dealkylation sites (tertiary alicyclic amines) is 1. The Morgan fingerprint density at radius 1 is 1.20 bits per heavy atom. The van der Waals surface area contributed by atoms with Gasteiger partial charge in [-0.15, -0.1) is 6.58 Å². The van der Waals surface area contributed by atoms with Crippen molar-refractivity contribution in [1.29, 1.82) is 0 Å². The normalized spacial score (nSPS) is 22.2. The van der Waals surface area contributed by atoms with E-state index in [2.05, 4.69) is 16.8 Å². The van der Waals surface area contributed by atoms with Gasteiger partial charge in [0.1, 0.15) is 5.75 Å². The molecule has 3 amide bonds. The van der Waals surface area contributed by atoms with E-state index in [0.29, 0.717) is 31.0 Å². The lowest BCUT2D eigenvalue weighted by molar-refractivity contribution is -0.126. The largest absolute Gasteiger partial charge is 0.497 e. The van der Waals surface area contributed by atoms with Crippen LogP contribution in [0, 0.1) is 0 Å². The standard InChI is InChI=1S/C23H30N4O3/c1-3-10-27-19-16-26(14-13-25-11-5-4-6-12-25)22(28)20(19)21(24-23(27)29)17-8-7-9-18(15-17)30-2/h3,7-9,15,21H,1,4-6,10-14,16H2,2H3,(H,24,29). The summed E-state index contributed by atoms with van der Waals surface area (Å²) < 4.78 is 5.34. The van der Waals surface area contributed by atoms with Crippen molar-refractivity contribution >= 4 is 11.9 Å². The Bertz CT molecular complexity index is 860. The number of benzene rings is 1. The van der Waals surface area contributed by atoms with Gasteiger partial charge in [-0.2, -0.15) is 0 Å². The zero-order valence-electron chi connectivity index (χ0n) is 17.6. The Labute approximate surface area is 178 Å². The van der Waals surface area contributed by atoms with Crippen LogP contribution in [-0.2, 0) is 4.79 Å². The number of hydrogen-bond donors (Lipinski definition) is 1. The van der Waals surface area contributed by atoms with E-state index in [-0.39, 0.29) is 11.9 Å². The molecule has 0 bridgehead atoms.